The summed E-state index contributed by atoms with van der Waals surface area (Å²) in [7, 11) is 0. The molecule has 2 aromatic heterocycles. The van der Waals surface area contributed by atoms with Crippen LogP contribution in [0.3, 0.4) is 0 Å². The number of rotatable bonds is 5. The van der Waals surface area contributed by atoms with Crippen LogP contribution < -0.4 is 5.32 Å². The molecule has 0 unspecified atom stereocenters. The van der Waals surface area contributed by atoms with Gasteiger partial charge in [0.25, 0.3) is 5.91 Å². The Bertz CT molecular complexity index is 1590. The maximum absolute atomic E-state index is 13.2. The van der Waals surface area contributed by atoms with Crippen LogP contribution in [0, 0.1) is 0 Å². The molecule has 1 saturated heterocycles. The van der Waals surface area contributed by atoms with Crippen molar-refractivity contribution in [2.24, 2.45) is 0 Å². The summed E-state index contributed by atoms with van der Waals surface area (Å²) in [5.74, 6) is 1.03. The van der Waals surface area contributed by atoms with Gasteiger partial charge in [0.2, 0.25) is 0 Å². The topological polar surface area (TPSA) is 82.8 Å². The molecule has 2 N–H and O–H groups in total. The average molecular weight is 568 g/mol. The molecule has 0 saturated carbocycles. The number of piperidine rings is 1. The molecular formula is C30H26BrN5O2. The molecule has 0 radical (unpaired) electrons. The van der Waals surface area contributed by atoms with Crippen molar-refractivity contribution in [3.8, 4) is 28.1 Å². The van der Waals surface area contributed by atoms with Gasteiger partial charge < -0.3 is 15.3 Å². The first kappa shape index (κ1) is 24.2. The highest BCUT2D eigenvalue weighted by atomic mass is 79.9. The zero-order chi connectivity index (χ0) is 26.1. The highest BCUT2D eigenvalue weighted by Gasteiger charge is 2.25. The van der Waals surface area contributed by atoms with Crippen LogP contribution in [-0.2, 0) is 0 Å². The quantitative estimate of drug-likeness (QED) is 0.262. The van der Waals surface area contributed by atoms with E-state index < -0.39 is 0 Å². The smallest absolute Gasteiger partial charge is 0.253 e. The van der Waals surface area contributed by atoms with Crippen molar-refractivity contribution in [1.82, 2.24) is 19.5 Å². The second-order valence-electron chi connectivity index (χ2n) is 9.43. The van der Waals surface area contributed by atoms with Crippen molar-refractivity contribution in [3.05, 3.63) is 101 Å². The van der Waals surface area contributed by atoms with Crippen molar-refractivity contribution >= 4 is 33.3 Å². The van der Waals surface area contributed by atoms with E-state index in [9.17, 15) is 9.90 Å². The fourth-order valence-electron chi connectivity index (χ4n) is 4.92. The SMILES string of the molecule is O=C(c1ccc(-c2ccccc2)cc1)N1CCC(Nc2cc(-c3ccccc3O)nc3c(Br)cnn23)CC1. The van der Waals surface area contributed by atoms with Gasteiger partial charge in [-0.3, -0.25) is 4.79 Å². The molecule has 0 atom stereocenters. The van der Waals surface area contributed by atoms with E-state index in [4.69, 9.17) is 4.98 Å². The number of halogens is 1. The Labute approximate surface area is 228 Å². The number of para-hydroxylation sites is 1. The minimum absolute atomic E-state index is 0.0622. The summed E-state index contributed by atoms with van der Waals surface area (Å²) in [6.07, 6.45) is 3.34. The third kappa shape index (κ3) is 4.75. The lowest BCUT2D eigenvalue weighted by Crippen LogP contribution is -2.42. The molecule has 3 aromatic carbocycles. The Kier molecular flexibility index (Phi) is 6.55. The Balaban J connectivity index is 1.16. The van der Waals surface area contributed by atoms with Crippen molar-refractivity contribution in [1.29, 1.82) is 0 Å². The van der Waals surface area contributed by atoms with Gasteiger partial charge in [-0.25, -0.2) is 4.98 Å². The highest BCUT2D eigenvalue weighted by molar-refractivity contribution is 9.10. The zero-order valence-corrected chi connectivity index (χ0v) is 22.2. The number of likely N-dealkylation sites (tertiary alicyclic amines) is 1. The van der Waals surface area contributed by atoms with Gasteiger partial charge in [0.05, 0.1) is 16.4 Å². The number of phenolic OH excluding ortho intramolecular Hbond substituents is 1. The number of carbonyl (C=O) groups excluding carboxylic acids is 1. The molecule has 1 aliphatic rings. The van der Waals surface area contributed by atoms with E-state index in [2.05, 4.69) is 38.5 Å². The molecule has 190 valence electrons. The molecule has 38 heavy (non-hydrogen) atoms. The van der Waals surface area contributed by atoms with Crippen LogP contribution >= 0.6 is 15.9 Å². The number of anilines is 1. The molecule has 5 aromatic rings. The third-order valence-corrected chi connectivity index (χ3v) is 7.54. The predicted octanol–water partition coefficient (Wildman–Crippen LogP) is 6.25. The molecule has 0 aliphatic carbocycles. The third-order valence-electron chi connectivity index (χ3n) is 6.98. The monoisotopic (exact) mass is 567 g/mol. The first-order chi connectivity index (χ1) is 18.6. The maximum Gasteiger partial charge on any atom is 0.253 e. The fourth-order valence-corrected chi connectivity index (χ4v) is 5.27. The van der Waals surface area contributed by atoms with Crippen molar-refractivity contribution < 1.29 is 9.90 Å². The van der Waals surface area contributed by atoms with E-state index in [1.807, 2.05) is 65.6 Å². The Hall–Kier alpha value is -4.17. The summed E-state index contributed by atoms with van der Waals surface area (Å²) in [5, 5.41) is 18.5. The van der Waals surface area contributed by atoms with E-state index >= 15 is 0 Å². The summed E-state index contributed by atoms with van der Waals surface area (Å²) in [6.45, 7) is 1.33. The molecular weight excluding hydrogens is 542 g/mol. The Morgan fingerprint density at radius 3 is 2.34 bits per heavy atom. The first-order valence-electron chi connectivity index (χ1n) is 12.6. The molecule has 0 bridgehead atoms. The molecule has 1 amide bonds. The predicted molar refractivity (Wildman–Crippen MR) is 152 cm³/mol. The standard InChI is InChI=1S/C30H26BrN5O2/c31-25-19-32-36-28(18-26(34-29(25)36)24-8-4-5-9-27(24)37)33-23-14-16-35(17-15-23)30(38)22-12-10-21(11-13-22)20-6-2-1-3-7-20/h1-13,18-19,23,33,37H,14-17H2. The van der Waals surface area contributed by atoms with Crippen LogP contribution in [0.1, 0.15) is 23.2 Å². The van der Waals surface area contributed by atoms with E-state index in [1.165, 1.54) is 0 Å². The van der Waals surface area contributed by atoms with E-state index in [0.717, 1.165) is 34.3 Å². The number of carbonyl (C=O) groups is 1. The minimum atomic E-state index is 0.0622. The van der Waals surface area contributed by atoms with Gasteiger partial charge in [0, 0.05) is 36.3 Å². The van der Waals surface area contributed by atoms with Gasteiger partial charge >= 0.3 is 0 Å². The molecule has 1 aliphatic heterocycles. The van der Waals surface area contributed by atoms with Crippen molar-refractivity contribution in [2.75, 3.05) is 18.4 Å². The van der Waals surface area contributed by atoms with Gasteiger partial charge in [-0.05, 0) is 64.2 Å². The maximum atomic E-state index is 13.2. The zero-order valence-electron chi connectivity index (χ0n) is 20.6. The van der Waals surface area contributed by atoms with Crippen LogP contribution in [0.25, 0.3) is 28.0 Å². The number of aromatic hydroxyl groups is 1. The molecule has 8 heteroatoms. The molecule has 3 heterocycles. The number of hydrogen-bond donors (Lipinski definition) is 2. The molecule has 7 nitrogen and oxygen atoms in total. The number of nitrogens with zero attached hydrogens (tertiary/aromatic N) is 4. The lowest BCUT2D eigenvalue weighted by Gasteiger charge is -2.33. The molecule has 6 rings (SSSR count). The van der Waals surface area contributed by atoms with Crippen LogP contribution in [0.15, 0.2) is 95.6 Å². The normalized spacial score (nSPS) is 14.1. The van der Waals surface area contributed by atoms with Crippen LogP contribution in [0.5, 0.6) is 5.75 Å². The summed E-state index contributed by atoms with van der Waals surface area (Å²) in [6, 6.07) is 27.3. The number of nitrogens with one attached hydrogen (secondary N) is 1. The van der Waals surface area contributed by atoms with E-state index in [-0.39, 0.29) is 17.7 Å². The number of benzene rings is 3. The largest absolute Gasteiger partial charge is 0.507 e. The summed E-state index contributed by atoms with van der Waals surface area (Å²) in [5.41, 5.74) is 4.93. The van der Waals surface area contributed by atoms with Crippen LogP contribution in [0.4, 0.5) is 5.82 Å². The number of aromatic nitrogens is 3. The summed E-state index contributed by atoms with van der Waals surface area (Å²) in [4.78, 5) is 19.8. The van der Waals surface area contributed by atoms with Gasteiger partial charge in [0.15, 0.2) is 5.65 Å². The van der Waals surface area contributed by atoms with Gasteiger partial charge in [-0.2, -0.15) is 9.61 Å². The Morgan fingerprint density at radius 1 is 0.921 bits per heavy atom. The lowest BCUT2D eigenvalue weighted by atomic mass is 10.0. The van der Waals surface area contributed by atoms with Gasteiger partial charge in [-0.15, -0.1) is 0 Å². The lowest BCUT2D eigenvalue weighted by molar-refractivity contribution is 0.0718. The van der Waals surface area contributed by atoms with Crippen molar-refractivity contribution in [3.63, 3.8) is 0 Å². The van der Waals surface area contributed by atoms with Crippen LogP contribution in [-0.4, -0.2) is 49.6 Å². The molecule has 1 fully saturated rings. The van der Waals surface area contributed by atoms with E-state index in [1.54, 1.807) is 22.8 Å². The fraction of sp³-hybridized carbons (Fsp3) is 0.167. The number of amides is 1. The minimum Gasteiger partial charge on any atom is -0.507 e. The van der Waals surface area contributed by atoms with Crippen LogP contribution in [0.2, 0.25) is 0 Å². The second kappa shape index (κ2) is 10.3. The first-order valence-corrected chi connectivity index (χ1v) is 13.4. The van der Waals surface area contributed by atoms with Crippen molar-refractivity contribution in [2.45, 2.75) is 18.9 Å². The number of phenols is 1. The number of fused-ring (bicyclic) bond motifs is 1. The van der Waals surface area contributed by atoms with Gasteiger partial charge in [-0.1, -0.05) is 54.6 Å². The summed E-state index contributed by atoms with van der Waals surface area (Å²) >= 11 is 3.53. The van der Waals surface area contributed by atoms with Gasteiger partial charge in [0.1, 0.15) is 11.6 Å². The second-order valence-corrected chi connectivity index (χ2v) is 10.3. The Morgan fingerprint density at radius 2 is 1.61 bits per heavy atom. The highest BCUT2D eigenvalue weighted by Crippen LogP contribution is 2.32. The molecule has 0 spiro atoms. The van der Waals surface area contributed by atoms with E-state index in [0.29, 0.717) is 35.6 Å². The number of hydrogen-bond acceptors (Lipinski definition) is 5. The average Bonchev–Trinajstić information content (AvgIpc) is 3.34. The summed E-state index contributed by atoms with van der Waals surface area (Å²) < 4.78 is 2.54.